The Morgan fingerprint density at radius 2 is 2.06 bits per heavy atom. The van der Waals surface area contributed by atoms with E-state index in [2.05, 4.69) is 6.07 Å². The van der Waals surface area contributed by atoms with Crippen molar-refractivity contribution in [3.63, 3.8) is 0 Å². The van der Waals surface area contributed by atoms with Crippen molar-refractivity contribution in [1.29, 1.82) is 5.26 Å². The summed E-state index contributed by atoms with van der Waals surface area (Å²) in [6, 6.07) is 2.35. The lowest BCUT2D eigenvalue weighted by molar-refractivity contribution is -0.196. The highest BCUT2D eigenvalue weighted by Crippen LogP contribution is 2.57. The van der Waals surface area contributed by atoms with Crippen LogP contribution in [0.5, 0.6) is 0 Å². The van der Waals surface area contributed by atoms with Crippen LogP contribution in [0.15, 0.2) is 0 Å². The summed E-state index contributed by atoms with van der Waals surface area (Å²) in [5.41, 5.74) is -0.653. The second-order valence-corrected chi connectivity index (χ2v) is 5.02. The fraction of sp³-hybridized carbons (Fsp3) is 0.917. The highest BCUT2D eigenvalue weighted by atomic mass is 16.7. The molecule has 0 aromatic carbocycles. The second-order valence-electron chi connectivity index (χ2n) is 5.02. The highest BCUT2D eigenvalue weighted by Gasteiger charge is 2.57. The molecule has 90 valence electrons. The largest absolute Gasteiger partial charge is 0.386 e. The summed E-state index contributed by atoms with van der Waals surface area (Å²) in [5.74, 6) is 0.916. The van der Waals surface area contributed by atoms with E-state index in [0.717, 1.165) is 19.3 Å². The predicted octanol–water partition coefficient (Wildman–Crippen LogP) is 1.30. The Hall–Kier alpha value is -0.630. The molecule has 2 bridgehead atoms. The number of rotatable bonds is 4. The van der Waals surface area contributed by atoms with E-state index < -0.39 is 17.8 Å². The molecule has 0 aliphatic heterocycles. The minimum absolute atomic E-state index is 0.310. The van der Waals surface area contributed by atoms with E-state index in [1.165, 1.54) is 20.6 Å². The average Bonchev–Trinajstić information content (AvgIpc) is 2.90. The zero-order valence-corrected chi connectivity index (χ0v) is 9.85. The maximum Gasteiger partial charge on any atom is 0.184 e. The van der Waals surface area contributed by atoms with Crippen LogP contribution in [-0.2, 0) is 9.47 Å². The van der Waals surface area contributed by atoms with E-state index in [1.807, 2.05) is 0 Å². The molecule has 2 rings (SSSR count). The first-order valence-electron chi connectivity index (χ1n) is 5.83. The number of aliphatic hydroxyl groups excluding tert-OH is 1. The number of fused-ring (bicyclic) bond motifs is 2. The third kappa shape index (κ3) is 1.55. The Morgan fingerprint density at radius 3 is 2.44 bits per heavy atom. The topological polar surface area (TPSA) is 62.5 Å². The predicted molar refractivity (Wildman–Crippen MR) is 57.3 cm³/mol. The van der Waals surface area contributed by atoms with E-state index in [0.29, 0.717) is 11.8 Å². The fourth-order valence-corrected chi connectivity index (χ4v) is 3.53. The van der Waals surface area contributed by atoms with E-state index in [9.17, 15) is 10.4 Å². The smallest absolute Gasteiger partial charge is 0.184 e. The van der Waals surface area contributed by atoms with Crippen molar-refractivity contribution < 1.29 is 14.6 Å². The Morgan fingerprint density at radius 1 is 1.38 bits per heavy atom. The molecule has 0 heterocycles. The number of hydrogen-bond acceptors (Lipinski definition) is 4. The number of hydrogen-bond donors (Lipinski definition) is 1. The average molecular weight is 225 g/mol. The first-order valence-corrected chi connectivity index (χ1v) is 5.83. The molecule has 4 heteroatoms. The third-order valence-corrected chi connectivity index (χ3v) is 4.35. The summed E-state index contributed by atoms with van der Waals surface area (Å²) >= 11 is 0. The first-order chi connectivity index (χ1) is 7.67. The van der Waals surface area contributed by atoms with Crippen LogP contribution in [0, 0.1) is 28.6 Å². The molecule has 2 saturated carbocycles. The number of nitrogens with zero attached hydrogens (tertiary/aromatic N) is 1. The molecule has 0 spiro atoms. The molecule has 0 radical (unpaired) electrons. The minimum atomic E-state index is -0.845. The first kappa shape index (κ1) is 11.8. The van der Waals surface area contributed by atoms with Gasteiger partial charge in [-0.25, -0.2) is 0 Å². The normalized spacial score (nSPS) is 38.9. The van der Waals surface area contributed by atoms with Crippen LogP contribution in [0.3, 0.4) is 0 Å². The molecular weight excluding hydrogens is 206 g/mol. The highest BCUT2D eigenvalue weighted by molar-refractivity contribution is 5.15. The lowest BCUT2D eigenvalue weighted by Crippen LogP contribution is -2.47. The molecule has 0 aromatic heterocycles. The molecule has 4 nitrogen and oxygen atoms in total. The SMILES string of the molecule is COC(OC)C(O)C1(C#N)CC2CCC1C2. The summed E-state index contributed by atoms with van der Waals surface area (Å²) < 4.78 is 10.2. The minimum Gasteiger partial charge on any atom is -0.386 e. The number of methoxy groups -OCH3 is 2. The van der Waals surface area contributed by atoms with Gasteiger partial charge in [0.15, 0.2) is 6.29 Å². The van der Waals surface area contributed by atoms with Gasteiger partial charge in [0.05, 0.1) is 11.5 Å². The Kier molecular flexibility index (Phi) is 3.20. The molecule has 2 aliphatic carbocycles. The summed E-state index contributed by atoms with van der Waals surface area (Å²) in [6.45, 7) is 0. The Bertz CT molecular complexity index is 297. The molecule has 0 saturated heterocycles. The van der Waals surface area contributed by atoms with E-state index in [4.69, 9.17) is 9.47 Å². The van der Waals surface area contributed by atoms with Gasteiger partial charge in [0.2, 0.25) is 0 Å². The quantitative estimate of drug-likeness (QED) is 0.732. The zero-order chi connectivity index (χ0) is 11.8. The molecule has 0 aromatic rings. The van der Waals surface area contributed by atoms with Crippen LogP contribution in [0.4, 0.5) is 0 Å². The molecule has 1 N–H and O–H groups in total. The summed E-state index contributed by atoms with van der Waals surface area (Å²) in [6.07, 6.45) is 2.58. The van der Waals surface area contributed by atoms with Crippen molar-refractivity contribution in [3.8, 4) is 6.07 Å². The van der Waals surface area contributed by atoms with Gasteiger partial charge in [-0.2, -0.15) is 5.26 Å². The van der Waals surface area contributed by atoms with E-state index in [-0.39, 0.29) is 0 Å². The monoisotopic (exact) mass is 225 g/mol. The van der Waals surface area contributed by atoms with Crippen molar-refractivity contribution in [1.82, 2.24) is 0 Å². The second kappa shape index (κ2) is 4.33. The van der Waals surface area contributed by atoms with E-state index in [1.54, 1.807) is 0 Å². The summed E-state index contributed by atoms with van der Waals surface area (Å²) in [7, 11) is 2.99. The van der Waals surface area contributed by atoms with Gasteiger partial charge in [-0.3, -0.25) is 0 Å². The number of aliphatic hydroxyl groups is 1. The van der Waals surface area contributed by atoms with Crippen molar-refractivity contribution >= 4 is 0 Å². The van der Waals surface area contributed by atoms with Gasteiger partial charge in [0.25, 0.3) is 0 Å². The van der Waals surface area contributed by atoms with Gasteiger partial charge in [0.1, 0.15) is 6.10 Å². The van der Waals surface area contributed by atoms with E-state index >= 15 is 0 Å². The lowest BCUT2D eigenvalue weighted by atomic mass is 9.70. The van der Waals surface area contributed by atoms with Crippen LogP contribution < -0.4 is 0 Å². The maximum atomic E-state index is 10.3. The molecule has 2 aliphatic rings. The number of nitriles is 1. The zero-order valence-electron chi connectivity index (χ0n) is 9.85. The summed E-state index contributed by atoms with van der Waals surface area (Å²) in [5, 5.41) is 19.7. The van der Waals surface area contributed by atoms with Crippen LogP contribution in [-0.4, -0.2) is 31.7 Å². The standard InChI is InChI=1S/C12H19NO3/c1-15-11(16-2)10(14)12(7-13)6-8-3-4-9(12)5-8/h8-11,14H,3-6H2,1-2H3. The molecule has 16 heavy (non-hydrogen) atoms. The molecule has 0 amide bonds. The van der Waals surface area contributed by atoms with Crippen molar-refractivity contribution in [2.45, 2.75) is 38.1 Å². The van der Waals surface area contributed by atoms with Gasteiger partial charge < -0.3 is 14.6 Å². The molecule has 4 unspecified atom stereocenters. The molecule has 4 atom stereocenters. The van der Waals surface area contributed by atoms with Crippen LogP contribution >= 0.6 is 0 Å². The third-order valence-electron chi connectivity index (χ3n) is 4.35. The van der Waals surface area contributed by atoms with Gasteiger partial charge in [-0.1, -0.05) is 6.42 Å². The molecular formula is C12H19NO3. The molecule has 2 fully saturated rings. The van der Waals surface area contributed by atoms with Crippen molar-refractivity contribution in [2.75, 3.05) is 14.2 Å². The number of ether oxygens (including phenoxy) is 2. The summed E-state index contributed by atoms with van der Waals surface area (Å²) in [4.78, 5) is 0. The lowest BCUT2D eigenvalue weighted by Gasteiger charge is -2.38. The van der Waals surface area contributed by atoms with Crippen LogP contribution in [0.1, 0.15) is 25.7 Å². The van der Waals surface area contributed by atoms with Gasteiger partial charge in [-0.05, 0) is 31.1 Å². The Labute approximate surface area is 96.2 Å². The van der Waals surface area contributed by atoms with Gasteiger partial charge in [-0.15, -0.1) is 0 Å². The van der Waals surface area contributed by atoms with Crippen molar-refractivity contribution in [3.05, 3.63) is 0 Å². The van der Waals surface area contributed by atoms with Gasteiger partial charge in [0, 0.05) is 14.2 Å². The van der Waals surface area contributed by atoms with Crippen LogP contribution in [0.2, 0.25) is 0 Å². The van der Waals surface area contributed by atoms with Crippen LogP contribution in [0.25, 0.3) is 0 Å². The Balaban J connectivity index is 2.19. The maximum absolute atomic E-state index is 10.3. The fourth-order valence-electron chi connectivity index (χ4n) is 3.53. The van der Waals surface area contributed by atoms with Crippen molar-refractivity contribution in [2.24, 2.45) is 17.3 Å². The van der Waals surface area contributed by atoms with Gasteiger partial charge >= 0.3 is 0 Å².